The van der Waals surface area contributed by atoms with Gasteiger partial charge in [-0.3, -0.25) is 9.89 Å². The predicted octanol–water partition coefficient (Wildman–Crippen LogP) is 3.78. The molecule has 0 bridgehead atoms. The maximum absolute atomic E-state index is 14.0. The fourth-order valence-electron chi connectivity index (χ4n) is 5.05. The van der Waals surface area contributed by atoms with Crippen molar-refractivity contribution in [3.8, 4) is 28.2 Å². The zero-order valence-electron chi connectivity index (χ0n) is 24.1. The molecule has 0 spiro atoms. The van der Waals surface area contributed by atoms with Crippen molar-refractivity contribution in [2.24, 2.45) is 0 Å². The quantitative estimate of drug-likeness (QED) is 0.217. The second-order valence-electron chi connectivity index (χ2n) is 10.5. The van der Waals surface area contributed by atoms with Gasteiger partial charge in [-0.1, -0.05) is 48.5 Å². The topological polar surface area (TPSA) is 167 Å². The van der Waals surface area contributed by atoms with Crippen LogP contribution in [0.25, 0.3) is 39.2 Å². The minimum atomic E-state index is -5.06. The first-order valence-corrected chi connectivity index (χ1v) is 13.7. The number of carbonyl (C=O) groups is 1. The van der Waals surface area contributed by atoms with Crippen molar-refractivity contribution in [1.29, 1.82) is 0 Å². The van der Waals surface area contributed by atoms with Crippen LogP contribution < -0.4 is 22.3 Å². The van der Waals surface area contributed by atoms with Gasteiger partial charge in [0.25, 0.3) is 5.56 Å². The van der Waals surface area contributed by atoms with Crippen LogP contribution >= 0.6 is 0 Å². The van der Waals surface area contributed by atoms with Crippen molar-refractivity contribution in [2.75, 3.05) is 19.4 Å². The molecule has 0 radical (unpaired) electrons. The molecule has 0 atom stereocenters. The molecule has 234 valence electrons. The van der Waals surface area contributed by atoms with Crippen LogP contribution in [-0.4, -0.2) is 59.5 Å². The summed E-state index contributed by atoms with van der Waals surface area (Å²) in [6.45, 7) is 0.697. The van der Waals surface area contributed by atoms with Crippen LogP contribution in [0.2, 0.25) is 0 Å². The summed E-state index contributed by atoms with van der Waals surface area (Å²) in [5.41, 5.74) is -3.17. The third-order valence-corrected chi connectivity index (χ3v) is 7.01. The summed E-state index contributed by atoms with van der Waals surface area (Å²) in [6.07, 6.45) is -5.06. The molecule has 3 aromatic carbocycles. The molecular formula is C30H24F3N9O4. The minimum absolute atomic E-state index is 0.0388. The number of aromatic amines is 3. The third kappa shape index (κ3) is 5.63. The number of anilines is 1. The standard InChI is InChI=1S/C30H24F3N9O4/c1-40(2)15-18-6-3-4-9-21(18)16-10-12-19(13-11-16)34-28(45)41-26(43)23-22(35-29(41)46)24(30(31,32)33)39-42(23)20-8-5-7-17(14-20)25-36-27(44)38-37-25/h3-14H,15H2,1-2H3,(H,34,45)(H,35,46)(H2,36,37,38,44). The van der Waals surface area contributed by atoms with Crippen LogP contribution in [0, 0.1) is 0 Å². The number of alkyl halides is 3. The maximum Gasteiger partial charge on any atom is 0.437 e. The second-order valence-corrected chi connectivity index (χ2v) is 10.5. The summed E-state index contributed by atoms with van der Waals surface area (Å²) in [4.78, 5) is 59.0. The SMILES string of the molecule is CN(C)Cc1ccccc1-c1ccc(NC(=O)n2c(=O)[nH]c3c(C(F)(F)F)nn(-c4cccc(-c5nc(=O)[nH][nH]5)c4)c3c2=O)cc1. The maximum atomic E-state index is 14.0. The van der Waals surface area contributed by atoms with Crippen LogP contribution in [0.15, 0.2) is 87.2 Å². The molecule has 0 saturated heterocycles. The Morgan fingerprint density at radius 3 is 2.35 bits per heavy atom. The van der Waals surface area contributed by atoms with Crippen LogP contribution in [0.3, 0.4) is 0 Å². The first-order valence-electron chi connectivity index (χ1n) is 13.7. The molecule has 6 aromatic rings. The normalized spacial score (nSPS) is 11.8. The minimum Gasteiger partial charge on any atom is -0.307 e. The van der Waals surface area contributed by atoms with Gasteiger partial charge in [-0.2, -0.15) is 27.8 Å². The Hall–Kier alpha value is -6.03. The summed E-state index contributed by atoms with van der Waals surface area (Å²) in [5, 5.41) is 10.8. The number of aromatic nitrogens is 7. The van der Waals surface area contributed by atoms with Crippen LogP contribution in [0.4, 0.5) is 23.7 Å². The molecule has 13 nitrogen and oxygen atoms in total. The van der Waals surface area contributed by atoms with Gasteiger partial charge in [-0.25, -0.2) is 24.2 Å². The highest BCUT2D eigenvalue weighted by Gasteiger charge is 2.39. The van der Waals surface area contributed by atoms with Crippen LogP contribution in [0.1, 0.15) is 11.3 Å². The molecule has 0 aliphatic rings. The van der Waals surface area contributed by atoms with E-state index in [4.69, 9.17) is 0 Å². The zero-order chi connectivity index (χ0) is 32.7. The van der Waals surface area contributed by atoms with E-state index in [1.54, 1.807) is 24.3 Å². The lowest BCUT2D eigenvalue weighted by molar-refractivity contribution is -0.140. The number of nitrogens with one attached hydrogen (secondary N) is 4. The fraction of sp³-hybridized carbons (Fsp3) is 0.133. The lowest BCUT2D eigenvalue weighted by Crippen LogP contribution is -2.42. The van der Waals surface area contributed by atoms with E-state index in [2.05, 4.69) is 25.6 Å². The number of rotatable bonds is 6. The number of H-pyrrole nitrogens is 3. The molecule has 6 rings (SSSR count). The van der Waals surface area contributed by atoms with Crippen molar-refractivity contribution in [3.05, 3.63) is 115 Å². The Morgan fingerprint density at radius 2 is 1.67 bits per heavy atom. The number of nitrogens with zero attached hydrogens (tertiary/aromatic N) is 5. The van der Waals surface area contributed by atoms with Crippen molar-refractivity contribution in [1.82, 2.24) is 39.4 Å². The molecule has 0 aliphatic carbocycles. The molecule has 0 saturated carbocycles. The summed E-state index contributed by atoms with van der Waals surface area (Å²) >= 11 is 0. The molecule has 16 heteroatoms. The number of halogens is 3. The van der Waals surface area contributed by atoms with Crippen molar-refractivity contribution in [2.45, 2.75) is 12.7 Å². The predicted molar refractivity (Wildman–Crippen MR) is 163 cm³/mol. The van der Waals surface area contributed by atoms with E-state index in [1.807, 2.05) is 48.2 Å². The van der Waals surface area contributed by atoms with Gasteiger partial charge in [-0.05, 0) is 55.1 Å². The van der Waals surface area contributed by atoms with Gasteiger partial charge in [0.2, 0.25) is 0 Å². The van der Waals surface area contributed by atoms with Gasteiger partial charge in [0.15, 0.2) is 17.0 Å². The number of benzene rings is 3. The number of hydrogen-bond donors (Lipinski definition) is 4. The van der Waals surface area contributed by atoms with Crippen molar-refractivity contribution in [3.63, 3.8) is 0 Å². The Bertz CT molecular complexity index is 2280. The van der Waals surface area contributed by atoms with Gasteiger partial charge in [0.1, 0.15) is 5.52 Å². The average molecular weight is 632 g/mol. The molecule has 0 aliphatic heterocycles. The second kappa shape index (κ2) is 11.5. The smallest absolute Gasteiger partial charge is 0.307 e. The molecule has 4 N–H and O–H groups in total. The van der Waals surface area contributed by atoms with E-state index in [1.165, 1.54) is 24.3 Å². The summed E-state index contributed by atoms with van der Waals surface area (Å²) in [5.74, 6) is 0.0803. The highest BCUT2D eigenvalue weighted by molar-refractivity contribution is 5.93. The van der Waals surface area contributed by atoms with E-state index < -0.39 is 45.9 Å². The largest absolute Gasteiger partial charge is 0.437 e. The highest BCUT2D eigenvalue weighted by Crippen LogP contribution is 2.33. The fourth-order valence-corrected chi connectivity index (χ4v) is 5.05. The molecule has 3 aromatic heterocycles. The molecule has 1 amide bonds. The number of hydrogen-bond acceptors (Lipinski definition) is 7. The molecule has 3 heterocycles. The van der Waals surface area contributed by atoms with E-state index in [-0.39, 0.29) is 27.3 Å². The monoisotopic (exact) mass is 631 g/mol. The Morgan fingerprint density at radius 1 is 0.935 bits per heavy atom. The summed E-state index contributed by atoms with van der Waals surface area (Å²) < 4.78 is 42.8. The molecule has 46 heavy (non-hydrogen) atoms. The Labute approximate surface area is 255 Å². The highest BCUT2D eigenvalue weighted by atomic mass is 19.4. The van der Waals surface area contributed by atoms with Gasteiger partial charge in [0.05, 0.1) is 5.69 Å². The molecule has 0 unspecified atom stereocenters. The number of fused-ring (bicyclic) bond motifs is 1. The Balaban J connectivity index is 1.40. The van der Waals surface area contributed by atoms with E-state index in [0.717, 1.165) is 16.7 Å². The van der Waals surface area contributed by atoms with Gasteiger partial charge in [-0.15, -0.1) is 0 Å². The van der Waals surface area contributed by atoms with Gasteiger partial charge < -0.3 is 15.2 Å². The Kier molecular flexibility index (Phi) is 7.49. The number of carbonyl (C=O) groups excluding carboxylic acids is 1. The third-order valence-electron chi connectivity index (χ3n) is 7.01. The van der Waals surface area contributed by atoms with Crippen LogP contribution in [0.5, 0.6) is 0 Å². The lowest BCUT2D eigenvalue weighted by Gasteiger charge is -2.15. The summed E-state index contributed by atoms with van der Waals surface area (Å²) in [7, 11) is 3.91. The first-order chi connectivity index (χ1) is 21.9. The van der Waals surface area contributed by atoms with Crippen molar-refractivity contribution >= 4 is 22.8 Å². The summed E-state index contributed by atoms with van der Waals surface area (Å²) in [6, 6.07) is 18.9. The molecule has 0 fully saturated rings. The zero-order valence-corrected chi connectivity index (χ0v) is 24.1. The number of amides is 1. The average Bonchev–Trinajstić information content (AvgIpc) is 3.62. The molecular weight excluding hydrogens is 607 g/mol. The van der Waals surface area contributed by atoms with Gasteiger partial charge >= 0.3 is 23.6 Å². The van der Waals surface area contributed by atoms with E-state index in [0.29, 0.717) is 11.2 Å². The van der Waals surface area contributed by atoms with E-state index >= 15 is 0 Å². The van der Waals surface area contributed by atoms with E-state index in [9.17, 15) is 32.3 Å². The first kappa shape index (κ1) is 30.0. The van der Waals surface area contributed by atoms with Gasteiger partial charge in [0, 0.05) is 17.8 Å². The van der Waals surface area contributed by atoms with Crippen molar-refractivity contribution < 1.29 is 18.0 Å². The van der Waals surface area contributed by atoms with Crippen LogP contribution in [-0.2, 0) is 12.7 Å². The lowest BCUT2D eigenvalue weighted by atomic mass is 9.99.